The summed E-state index contributed by atoms with van der Waals surface area (Å²) in [6.45, 7) is 0. The van der Waals surface area contributed by atoms with Crippen LogP contribution in [0.1, 0.15) is 5.56 Å². The summed E-state index contributed by atoms with van der Waals surface area (Å²) in [4.78, 5) is 0. The Hall–Kier alpha value is -3.29. The molecule has 0 saturated heterocycles. The molecule has 0 radical (unpaired) electrons. The summed E-state index contributed by atoms with van der Waals surface area (Å²) in [6, 6.07) is 36.1. The van der Waals surface area contributed by atoms with Gasteiger partial charge in [0, 0.05) is 0 Å². The Morgan fingerprint density at radius 1 is 0.581 bits per heavy atom. The molecule has 0 unspecified atom stereocenters. The summed E-state index contributed by atoms with van der Waals surface area (Å²) < 4.78 is 11.3. The molecule has 0 bridgehead atoms. The summed E-state index contributed by atoms with van der Waals surface area (Å²) in [5, 5.41) is 3.91. The van der Waals surface area contributed by atoms with Gasteiger partial charge in [-0.25, -0.2) is 0 Å². The first-order chi connectivity index (χ1) is 15.2. The lowest BCUT2D eigenvalue weighted by Crippen LogP contribution is -2.32. The molecule has 0 spiro atoms. The summed E-state index contributed by atoms with van der Waals surface area (Å²) in [7, 11) is 1.25. The van der Waals surface area contributed by atoms with E-state index >= 15 is 0 Å². The van der Waals surface area contributed by atoms with Gasteiger partial charge in [0.1, 0.15) is 40.8 Å². The Balaban J connectivity index is 2.05. The number of anilines is 1. The SMILES string of the molecule is COc1ccc(OC)c(C[P+](c2ccccc2)(c2ccccc2)c2ccccc2)c1N. The molecule has 2 N–H and O–H groups in total. The molecule has 0 aliphatic rings. The number of methoxy groups -OCH3 is 2. The number of rotatable bonds is 7. The zero-order valence-electron chi connectivity index (χ0n) is 17.9. The smallest absolute Gasteiger partial charge is 0.142 e. The molecule has 0 fully saturated rings. The minimum absolute atomic E-state index is 0.633. The van der Waals surface area contributed by atoms with Crippen molar-refractivity contribution in [1.82, 2.24) is 0 Å². The van der Waals surface area contributed by atoms with Crippen LogP contribution in [0.25, 0.3) is 0 Å². The van der Waals surface area contributed by atoms with Crippen molar-refractivity contribution in [3.63, 3.8) is 0 Å². The van der Waals surface area contributed by atoms with E-state index in [0.717, 1.165) is 17.5 Å². The molecule has 0 aromatic heterocycles. The number of hydrogen-bond acceptors (Lipinski definition) is 3. The Morgan fingerprint density at radius 3 is 1.35 bits per heavy atom. The van der Waals surface area contributed by atoms with E-state index in [1.807, 2.05) is 12.1 Å². The maximum atomic E-state index is 6.62. The van der Waals surface area contributed by atoms with Gasteiger partial charge >= 0.3 is 0 Å². The lowest BCUT2D eigenvalue weighted by Gasteiger charge is -2.29. The molecule has 4 heteroatoms. The number of benzene rings is 4. The predicted molar refractivity (Wildman–Crippen MR) is 133 cm³/mol. The molecule has 0 amide bonds. The Morgan fingerprint density at radius 2 is 0.968 bits per heavy atom. The molecule has 0 heterocycles. The van der Waals surface area contributed by atoms with Crippen LogP contribution in [0.2, 0.25) is 0 Å². The van der Waals surface area contributed by atoms with Crippen LogP contribution < -0.4 is 31.1 Å². The first-order valence-corrected chi connectivity index (χ1v) is 12.2. The molecule has 4 rings (SSSR count). The van der Waals surface area contributed by atoms with Crippen LogP contribution in [-0.2, 0) is 6.16 Å². The van der Waals surface area contributed by atoms with Crippen molar-refractivity contribution in [3.05, 3.63) is 109 Å². The van der Waals surface area contributed by atoms with Gasteiger partial charge in [-0.2, -0.15) is 0 Å². The van der Waals surface area contributed by atoms with Crippen molar-refractivity contribution in [2.45, 2.75) is 6.16 Å². The molecule has 0 aliphatic heterocycles. The third kappa shape index (κ3) is 3.89. The average Bonchev–Trinajstić information content (AvgIpc) is 2.85. The number of nitrogens with two attached hydrogens (primary N) is 1. The van der Waals surface area contributed by atoms with Crippen LogP contribution in [0, 0.1) is 0 Å². The third-order valence-electron chi connectivity index (χ3n) is 5.70. The fourth-order valence-electron chi connectivity index (χ4n) is 4.16. The summed E-state index contributed by atoms with van der Waals surface area (Å²) in [5.41, 5.74) is 8.24. The molecule has 4 aromatic rings. The first-order valence-electron chi connectivity index (χ1n) is 10.2. The van der Waals surface area contributed by atoms with Gasteiger partial charge in [-0.15, -0.1) is 0 Å². The second kappa shape index (κ2) is 9.24. The van der Waals surface area contributed by atoms with Gasteiger partial charge in [0.2, 0.25) is 0 Å². The van der Waals surface area contributed by atoms with Gasteiger partial charge < -0.3 is 15.2 Å². The van der Waals surface area contributed by atoms with Gasteiger partial charge in [-0.3, -0.25) is 0 Å². The van der Waals surface area contributed by atoms with Crippen molar-refractivity contribution in [2.75, 3.05) is 20.0 Å². The molecule has 156 valence electrons. The quantitative estimate of drug-likeness (QED) is 0.340. The van der Waals surface area contributed by atoms with E-state index in [4.69, 9.17) is 15.2 Å². The van der Waals surface area contributed by atoms with Crippen molar-refractivity contribution in [2.24, 2.45) is 0 Å². The third-order valence-corrected chi connectivity index (χ3v) is 10.0. The summed E-state index contributed by atoms with van der Waals surface area (Å²) >= 11 is 0. The van der Waals surface area contributed by atoms with Crippen molar-refractivity contribution in [1.29, 1.82) is 0 Å². The first kappa shape index (κ1) is 21.0. The Bertz CT molecular complexity index is 1040. The highest BCUT2D eigenvalue weighted by molar-refractivity contribution is 7.95. The lowest BCUT2D eigenvalue weighted by molar-refractivity contribution is 0.402. The highest BCUT2D eigenvalue weighted by atomic mass is 31.2. The second-order valence-electron chi connectivity index (χ2n) is 7.34. The van der Waals surface area contributed by atoms with E-state index in [1.165, 1.54) is 15.9 Å². The van der Waals surface area contributed by atoms with Crippen molar-refractivity contribution in [3.8, 4) is 11.5 Å². The molecule has 0 saturated carbocycles. The summed E-state index contributed by atoms with van der Waals surface area (Å²) in [6.07, 6.45) is 0.733. The van der Waals surface area contributed by atoms with E-state index < -0.39 is 7.26 Å². The average molecular weight is 428 g/mol. The molecule has 0 atom stereocenters. The van der Waals surface area contributed by atoms with Gasteiger partial charge in [0.25, 0.3) is 0 Å². The minimum Gasteiger partial charge on any atom is -0.496 e. The molecular formula is C27H27NO2P+. The Kier molecular flexibility index (Phi) is 6.25. The van der Waals surface area contributed by atoms with Crippen LogP contribution in [0.3, 0.4) is 0 Å². The highest BCUT2D eigenvalue weighted by Crippen LogP contribution is 2.60. The normalized spacial score (nSPS) is 11.2. The molecular weight excluding hydrogens is 401 g/mol. The van der Waals surface area contributed by atoms with Crippen molar-refractivity contribution < 1.29 is 9.47 Å². The van der Waals surface area contributed by atoms with Crippen LogP contribution in [0.15, 0.2) is 103 Å². The molecule has 3 nitrogen and oxygen atoms in total. The lowest BCUT2D eigenvalue weighted by atomic mass is 10.1. The standard InChI is InChI=1S/C27H27NO2P/c1-29-25-18-19-26(30-2)27(28)24(25)20-31(21-12-6-3-7-13-21,22-14-8-4-9-15-22)23-16-10-5-11-17-23/h3-19H,20,28H2,1-2H3/q+1. The van der Waals surface area contributed by atoms with E-state index in [-0.39, 0.29) is 0 Å². The number of ether oxygens (including phenoxy) is 2. The van der Waals surface area contributed by atoms with Gasteiger partial charge in [0.05, 0.1) is 25.5 Å². The zero-order chi connectivity index (χ0) is 21.7. The van der Waals surface area contributed by atoms with Crippen LogP contribution in [0.5, 0.6) is 11.5 Å². The Labute approximate surface area is 184 Å². The molecule has 4 aromatic carbocycles. The van der Waals surface area contributed by atoms with Crippen molar-refractivity contribution >= 4 is 28.9 Å². The maximum Gasteiger partial charge on any atom is 0.142 e. The van der Waals surface area contributed by atoms with E-state index in [2.05, 4.69) is 91.0 Å². The largest absolute Gasteiger partial charge is 0.496 e. The summed E-state index contributed by atoms with van der Waals surface area (Å²) in [5.74, 6) is 1.45. The fourth-order valence-corrected chi connectivity index (χ4v) is 8.45. The highest BCUT2D eigenvalue weighted by Gasteiger charge is 2.46. The molecule has 0 aliphatic carbocycles. The monoisotopic (exact) mass is 428 g/mol. The maximum absolute atomic E-state index is 6.62. The second-order valence-corrected chi connectivity index (χ2v) is 10.8. The topological polar surface area (TPSA) is 44.5 Å². The van der Waals surface area contributed by atoms with E-state index in [9.17, 15) is 0 Å². The molecule has 31 heavy (non-hydrogen) atoms. The van der Waals surface area contributed by atoms with Gasteiger partial charge in [0.15, 0.2) is 0 Å². The fraction of sp³-hybridized carbons (Fsp3) is 0.111. The van der Waals surface area contributed by atoms with Gasteiger partial charge in [-0.1, -0.05) is 54.6 Å². The van der Waals surface area contributed by atoms with Gasteiger partial charge in [-0.05, 0) is 48.5 Å². The minimum atomic E-state index is -2.09. The van der Waals surface area contributed by atoms with E-state index in [0.29, 0.717) is 11.4 Å². The number of nitrogen functional groups attached to an aromatic ring is 1. The van der Waals surface area contributed by atoms with E-state index in [1.54, 1.807) is 14.2 Å². The predicted octanol–water partition coefficient (Wildman–Crippen LogP) is 4.78. The van der Waals surface area contributed by atoms with Crippen LogP contribution >= 0.6 is 7.26 Å². The zero-order valence-corrected chi connectivity index (χ0v) is 18.8. The number of hydrogen-bond donors (Lipinski definition) is 1. The van der Waals surface area contributed by atoms with Crippen LogP contribution in [-0.4, -0.2) is 14.2 Å². The van der Waals surface area contributed by atoms with Crippen LogP contribution in [0.4, 0.5) is 5.69 Å².